The van der Waals surface area contributed by atoms with E-state index >= 15 is 0 Å². The van der Waals surface area contributed by atoms with Crippen molar-refractivity contribution in [3.63, 3.8) is 0 Å². The summed E-state index contributed by atoms with van der Waals surface area (Å²) in [5.41, 5.74) is 5.80. The number of carbonyl (C=O) groups is 1. The number of nitrogens with zero attached hydrogens (tertiary/aromatic N) is 1. The molecule has 1 amide bonds. The predicted octanol–water partition coefficient (Wildman–Crippen LogP) is 2.76. The van der Waals surface area contributed by atoms with Crippen molar-refractivity contribution in [3.8, 4) is 0 Å². The molecule has 0 aromatic carbocycles. The second-order valence-electron chi connectivity index (χ2n) is 7.22. The quantitative estimate of drug-likeness (QED) is 0.795. The van der Waals surface area contributed by atoms with Gasteiger partial charge in [-0.25, -0.2) is 4.79 Å². The summed E-state index contributed by atoms with van der Waals surface area (Å²) in [6, 6.07) is 0. The fraction of sp³-hybridized carbons (Fsp3) is 0.933. The van der Waals surface area contributed by atoms with E-state index in [1.54, 1.807) is 0 Å². The van der Waals surface area contributed by atoms with Crippen LogP contribution in [-0.2, 0) is 4.74 Å². The lowest BCUT2D eigenvalue weighted by atomic mass is 9.68. The Morgan fingerprint density at radius 1 is 1.32 bits per heavy atom. The second kappa shape index (κ2) is 5.31. The number of amides is 1. The van der Waals surface area contributed by atoms with E-state index in [1.165, 1.54) is 32.1 Å². The third-order valence-electron chi connectivity index (χ3n) is 4.60. The van der Waals surface area contributed by atoms with Crippen LogP contribution in [0, 0.1) is 11.3 Å². The van der Waals surface area contributed by atoms with E-state index in [0.717, 1.165) is 13.1 Å². The van der Waals surface area contributed by atoms with E-state index < -0.39 is 5.60 Å². The molecule has 0 radical (unpaired) electrons. The van der Waals surface area contributed by atoms with Crippen LogP contribution in [0.2, 0.25) is 0 Å². The van der Waals surface area contributed by atoms with Gasteiger partial charge in [-0.15, -0.1) is 0 Å². The maximum absolute atomic E-state index is 12.2. The molecule has 0 bridgehead atoms. The van der Waals surface area contributed by atoms with Gasteiger partial charge in [0.2, 0.25) is 0 Å². The molecular weight excluding hydrogens is 240 g/mol. The van der Waals surface area contributed by atoms with Crippen LogP contribution in [-0.4, -0.2) is 36.2 Å². The molecule has 2 aliphatic rings. The molecule has 2 fully saturated rings. The summed E-state index contributed by atoms with van der Waals surface area (Å²) in [4.78, 5) is 14.1. The molecule has 1 unspecified atom stereocenters. The smallest absolute Gasteiger partial charge is 0.410 e. The minimum absolute atomic E-state index is 0.173. The maximum atomic E-state index is 12.2. The number of carbonyl (C=O) groups excluding carboxylic acids is 1. The molecule has 2 N–H and O–H groups in total. The third kappa shape index (κ3) is 3.22. The first-order chi connectivity index (χ1) is 8.86. The van der Waals surface area contributed by atoms with Crippen molar-refractivity contribution in [3.05, 3.63) is 0 Å². The van der Waals surface area contributed by atoms with Gasteiger partial charge in [-0.05, 0) is 51.5 Å². The first-order valence-corrected chi connectivity index (χ1v) is 7.54. The van der Waals surface area contributed by atoms with Crippen molar-refractivity contribution in [2.45, 2.75) is 58.5 Å². The number of hydrogen-bond acceptors (Lipinski definition) is 3. The Hall–Kier alpha value is -0.770. The Bertz CT molecular complexity index is 330. The van der Waals surface area contributed by atoms with Crippen LogP contribution < -0.4 is 5.73 Å². The van der Waals surface area contributed by atoms with Crippen LogP contribution in [0.4, 0.5) is 4.79 Å². The molecule has 4 nitrogen and oxygen atoms in total. The van der Waals surface area contributed by atoms with Gasteiger partial charge in [0.15, 0.2) is 0 Å². The molecule has 1 aliphatic heterocycles. The van der Waals surface area contributed by atoms with Gasteiger partial charge in [0.1, 0.15) is 5.60 Å². The molecule has 1 atom stereocenters. The summed E-state index contributed by atoms with van der Waals surface area (Å²) < 4.78 is 5.49. The van der Waals surface area contributed by atoms with E-state index in [-0.39, 0.29) is 11.5 Å². The molecule has 1 aliphatic carbocycles. The minimum atomic E-state index is -0.419. The van der Waals surface area contributed by atoms with Crippen LogP contribution in [0.15, 0.2) is 0 Å². The fourth-order valence-electron chi connectivity index (χ4n) is 3.65. The van der Waals surface area contributed by atoms with Gasteiger partial charge >= 0.3 is 6.09 Å². The Morgan fingerprint density at radius 2 is 1.95 bits per heavy atom. The Balaban J connectivity index is 2.04. The number of rotatable bonds is 1. The molecule has 2 rings (SSSR count). The first-order valence-electron chi connectivity index (χ1n) is 7.54. The number of hydrogen-bond donors (Lipinski definition) is 1. The lowest BCUT2D eigenvalue weighted by Crippen LogP contribution is -2.38. The van der Waals surface area contributed by atoms with Crippen molar-refractivity contribution in [2.75, 3.05) is 19.6 Å². The van der Waals surface area contributed by atoms with Gasteiger partial charge in [-0.2, -0.15) is 0 Å². The summed E-state index contributed by atoms with van der Waals surface area (Å²) in [6.45, 7) is 8.03. The normalized spacial score (nSPS) is 26.7. The van der Waals surface area contributed by atoms with Crippen LogP contribution in [0.3, 0.4) is 0 Å². The molecule has 110 valence electrons. The van der Waals surface area contributed by atoms with E-state index in [9.17, 15) is 4.79 Å². The zero-order valence-electron chi connectivity index (χ0n) is 12.6. The molecule has 4 heteroatoms. The van der Waals surface area contributed by atoms with Gasteiger partial charge in [0, 0.05) is 13.1 Å². The summed E-state index contributed by atoms with van der Waals surface area (Å²) in [5, 5.41) is 0. The van der Waals surface area contributed by atoms with Crippen molar-refractivity contribution in [1.29, 1.82) is 0 Å². The number of ether oxygens (including phenoxy) is 1. The van der Waals surface area contributed by atoms with E-state index in [0.29, 0.717) is 12.5 Å². The van der Waals surface area contributed by atoms with Gasteiger partial charge < -0.3 is 15.4 Å². The van der Waals surface area contributed by atoms with Gasteiger partial charge in [-0.3, -0.25) is 0 Å². The Labute approximate surface area is 116 Å². The maximum Gasteiger partial charge on any atom is 0.410 e. The lowest BCUT2D eigenvalue weighted by Gasteiger charge is -2.37. The van der Waals surface area contributed by atoms with E-state index in [2.05, 4.69) is 0 Å². The van der Waals surface area contributed by atoms with Crippen LogP contribution >= 0.6 is 0 Å². The molecular formula is C15H28N2O2. The molecule has 0 aromatic heterocycles. The molecule has 1 saturated carbocycles. The fourth-order valence-corrected chi connectivity index (χ4v) is 3.65. The standard InChI is InChI=1S/C15H28N2O2/c1-14(2,3)19-13(18)17-10-12(9-16)15(11-17)7-5-4-6-8-15/h12H,4-11,16H2,1-3H3. The first kappa shape index (κ1) is 14.6. The number of likely N-dealkylation sites (tertiary alicyclic amines) is 1. The summed E-state index contributed by atoms with van der Waals surface area (Å²) in [5.74, 6) is 0.445. The highest BCUT2D eigenvalue weighted by Gasteiger charge is 2.48. The largest absolute Gasteiger partial charge is 0.444 e. The average Bonchev–Trinajstić information content (AvgIpc) is 2.67. The molecule has 1 spiro atoms. The van der Waals surface area contributed by atoms with E-state index in [1.807, 2.05) is 25.7 Å². The molecule has 1 saturated heterocycles. The summed E-state index contributed by atoms with van der Waals surface area (Å²) in [6.07, 6.45) is 6.14. The lowest BCUT2D eigenvalue weighted by molar-refractivity contribution is 0.0262. The zero-order valence-corrected chi connectivity index (χ0v) is 12.6. The van der Waals surface area contributed by atoms with Crippen LogP contribution in [0.5, 0.6) is 0 Å². The van der Waals surface area contributed by atoms with Crippen LogP contribution in [0.25, 0.3) is 0 Å². The molecule has 1 heterocycles. The SMILES string of the molecule is CC(C)(C)OC(=O)N1CC(CN)C2(CCCCC2)C1. The third-order valence-corrected chi connectivity index (χ3v) is 4.60. The van der Waals surface area contributed by atoms with Crippen molar-refractivity contribution < 1.29 is 9.53 Å². The second-order valence-corrected chi connectivity index (χ2v) is 7.22. The predicted molar refractivity (Wildman–Crippen MR) is 75.9 cm³/mol. The minimum Gasteiger partial charge on any atom is -0.444 e. The van der Waals surface area contributed by atoms with Crippen molar-refractivity contribution in [2.24, 2.45) is 17.1 Å². The molecule has 0 aromatic rings. The van der Waals surface area contributed by atoms with Gasteiger partial charge in [0.05, 0.1) is 0 Å². The highest BCUT2D eigenvalue weighted by Crippen LogP contribution is 2.47. The molecule has 19 heavy (non-hydrogen) atoms. The summed E-state index contributed by atoms with van der Waals surface area (Å²) in [7, 11) is 0. The average molecular weight is 268 g/mol. The van der Waals surface area contributed by atoms with Crippen LogP contribution in [0.1, 0.15) is 52.9 Å². The van der Waals surface area contributed by atoms with E-state index in [4.69, 9.17) is 10.5 Å². The van der Waals surface area contributed by atoms with Crippen molar-refractivity contribution >= 4 is 6.09 Å². The summed E-state index contributed by atoms with van der Waals surface area (Å²) >= 11 is 0. The Kier molecular flexibility index (Phi) is 4.09. The monoisotopic (exact) mass is 268 g/mol. The highest BCUT2D eigenvalue weighted by atomic mass is 16.6. The van der Waals surface area contributed by atoms with Gasteiger partial charge in [0.25, 0.3) is 0 Å². The van der Waals surface area contributed by atoms with Gasteiger partial charge in [-0.1, -0.05) is 19.3 Å². The van der Waals surface area contributed by atoms with Crippen molar-refractivity contribution in [1.82, 2.24) is 4.90 Å². The highest BCUT2D eigenvalue weighted by molar-refractivity contribution is 5.68. The topological polar surface area (TPSA) is 55.6 Å². The Morgan fingerprint density at radius 3 is 2.47 bits per heavy atom. The zero-order chi connectivity index (χ0) is 14.1. The number of nitrogens with two attached hydrogens (primary N) is 1.